The molecule has 0 fully saturated rings. The van der Waals surface area contributed by atoms with Crippen molar-refractivity contribution in [2.24, 2.45) is 0 Å². The molecule has 1 aromatic heterocycles. The fourth-order valence-electron chi connectivity index (χ4n) is 4.22. The average molecular weight is 468 g/mol. The van der Waals surface area contributed by atoms with E-state index in [1.807, 2.05) is 23.6 Å². The molecule has 33 heavy (non-hydrogen) atoms. The van der Waals surface area contributed by atoms with Crippen molar-refractivity contribution >= 4 is 28.6 Å². The molecule has 0 saturated carbocycles. The Kier molecular flexibility index (Phi) is 6.62. The molecule has 1 amide bonds. The van der Waals surface area contributed by atoms with Crippen LogP contribution >= 0.6 is 11.3 Å². The van der Waals surface area contributed by atoms with Crippen molar-refractivity contribution in [1.82, 2.24) is 4.90 Å². The number of nitrogens with one attached hydrogen (secondary N) is 1. The van der Waals surface area contributed by atoms with Crippen LogP contribution in [0.4, 0.5) is 11.4 Å². The molecule has 8 nitrogen and oxygen atoms in total. The molecule has 2 heterocycles. The van der Waals surface area contributed by atoms with Gasteiger partial charge in [0, 0.05) is 28.7 Å². The summed E-state index contributed by atoms with van der Waals surface area (Å²) in [6.45, 7) is 2.51. The van der Waals surface area contributed by atoms with E-state index < -0.39 is 4.92 Å². The minimum Gasteiger partial charge on any atom is -0.493 e. The maximum atomic E-state index is 12.9. The SMILES string of the molecule is COc1cc2c(cc1OC)C(c1cccs1)N(CC(=O)Nc1ccc(C)c([N+](=O)[O-])c1)CC2. The van der Waals surface area contributed by atoms with Gasteiger partial charge in [0.05, 0.1) is 31.7 Å². The molecule has 2 aromatic carbocycles. The van der Waals surface area contributed by atoms with Crippen LogP contribution in [-0.4, -0.2) is 43.0 Å². The Morgan fingerprint density at radius 3 is 2.64 bits per heavy atom. The zero-order valence-corrected chi connectivity index (χ0v) is 19.5. The lowest BCUT2D eigenvalue weighted by atomic mass is 9.91. The number of nitrogens with zero attached hydrogens (tertiary/aromatic N) is 2. The maximum Gasteiger partial charge on any atom is 0.274 e. The zero-order chi connectivity index (χ0) is 23.5. The highest BCUT2D eigenvalue weighted by molar-refractivity contribution is 7.10. The summed E-state index contributed by atoms with van der Waals surface area (Å²) in [5.74, 6) is 1.11. The monoisotopic (exact) mass is 467 g/mol. The van der Waals surface area contributed by atoms with Crippen LogP contribution in [-0.2, 0) is 11.2 Å². The fraction of sp³-hybridized carbons (Fsp3) is 0.292. The first-order chi connectivity index (χ1) is 15.9. The quantitative estimate of drug-likeness (QED) is 0.404. The van der Waals surface area contributed by atoms with Crippen molar-refractivity contribution in [3.05, 3.63) is 79.5 Å². The van der Waals surface area contributed by atoms with Crippen LogP contribution in [0.3, 0.4) is 0 Å². The molecule has 0 radical (unpaired) electrons. The van der Waals surface area contributed by atoms with Crippen molar-refractivity contribution in [3.8, 4) is 11.5 Å². The smallest absolute Gasteiger partial charge is 0.274 e. The third kappa shape index (κ3) is 4.69. The lowest BCUT2D eigenvalue weighted by Gasteiger charge is -2.37. The number of carbonyl (C=O) groups is 1. The van der Waals surface area contributed by atoms with Gasteiger partial charge >= 0.3 is 0 Å². The van der Waals surface area contributed by atoms with E-state index in [1.165, 1.54) is 6.07 Å². The minimum absolute atomic E-state index is 0.0165. The largest absolute Gasteiger partial charge is 0.493 e. The number of anilines is 1. The molecule has 0 spiro atoms. The Morgan fingerprint density at radius 1 is 1.21 bits per heavy atom. The summed E-state index contributed by atoms with van der Waals surface area (Å²) in [5, 5.41) is 16.1. The predicted octanol–water partition coefficient (Wildman–Crippen LogP) is 4.57. The van der Waals surface area contributed by atoms with E-state index in [4.69, 9.17) is 9.47 Å². The summed E-state index contributed by atoms with van der Waals surface area (Å²) < 4.78 is 11.0. The summed E-state index contributed by atoms with van der Waals surface area (Å²) in [7, 11) is 3.23. The second-order valence-corrected chi connectivity index (χ2v) is 8.83. The Morgan fingerprint density at radius 2 is 1.97 bits per heavy atom. The molecule has 0 bridgehead atoms. The van der Waals surface area contributed by atoms with E-state index >= 15 is 0 Å². The third-order valence-electron chi connectivity index (χ3n) is 5.82. The van der Waals surface area contributed by atoms with Crippen LogP contribution in [0.5, 0.6) is 11.5 Å². The van der Waals surface area contributed by atoms with Gasteiger partial charge in [-0.3, -0.25) is 19.8 Å². The number of carbonyl (C=O) groups excluding carboxylic acids is 1. The molecule has 1 aliphatic rings. The highest BCUT2D eigenvalue weighted by Crippen LogP contribution is 2.42. The van der Waals surface area contributed by atoms with E-state index in [0.29, 0.717) is 29.3 Å². The first-order valence-corrected chi connectivity index (χ1v) is 11.4. The molecule has 0 saturated heterocycles. The number of aryl methyl sites for hydroxylation is 1. The number of ether oxygens (including phenoxy) is 2. The van der Waals surface area contributed by atoms with Crippen LogP contribution < -0.4 is 14.8 Å². The maximum absolute atomic E-state index is 12.9. The molecule has 172 valence electrons. The van der Waals surface area contributed by atoms with Gasteiger partial charge < -0.3 is 14.8 Å². The number of amides is 1. The Labute approximate surface area is 195 Å². The summed E-state index contributed by atoms with van der Waals surface area (Å²) in [6.07, 6.45) is 0.765. The summed E-state index contributed by atoms with van der Waals surface area (Å²) in [6, 6.07) is 12.7. The lowest BCUT2D eigenvalue weighted by Crippen LogP contribution is -2.40. The molecule has 1 unspecified atom stereocenters. The van der Waals surface area contributed by atoms with Crippen molar-refractivity contribution in [3.63, 3.8) is 0 Å². The number of benzene rings is 2. The van der Waals surface area contributed by atoms with Crippen LogP contribution in [0.1, 0.15) is 27.6 Å². The highest BCUT2D eigenvalue weighted by Gasteiger charge is 2.32. The van der Waals surface area contributed by atoms with Crippen molar-refractivity contribution in [1.29, 1.82) is 0 Å². The van der Waals surface area contributed by atoms with Gasteiger partial charge in [0.1, 0.15) is 0 Å². The van der Waals surface area contributed by atoms with Gasteiger partial charge in [0.15, 0.2) is 11.5 Å². The average Bonchev–Trinajstić information content (AvgIpc) is 3.33. The highest BCUT2D eigenvalue weighted by atomic mass is 32.1. The number of thiophene rings is 1. The van der Waals surface area contributed by atoms with Crippen molar-refractivity contribution in [2.75, 3.05) is 32.6 Å². The Hall–Kier alpha value is -3.43. The van der Waals surface area contributed by atoms with E-state index in [1.54, 1.807) is 44.6 Å². The topological polar surface area (TPSA) is 93.9 Å². The first-order valence-electron chi connectivity index (χ1n) is 10.5. The summed E-state index contributed by atoms with van der Waals surface area (Å²) in [5.41, 5.74) is 3.19. The van der Waals surface area contributed by atoms with Crippen LogP contribution in [0.2, 0.25) is 0 Å². The predicted molar refractivity (Wildman–Crippen MR) is 127 cm³/mol. The number of rotatable bonds is 7. The van der Waals surface area contributed by atoms with Crippen molar-refractivity contribution < 1.29 is 19.2 Å². The molecule has 1 N–H and O–H groups in total. The molecule has 0 aliphatic carbocycles. The molecule has 1 aliphatic heterocycles. The van der Waals surface area contributed by atoms with E-state index in [-0.39, 0.29) is 24.2 Å². The number of nitro groups is 1. The number of methoxy groups -OCH3 is 2. The van der Waals surface area contributed by atoms with Gasteiger partial charge in [0.2, 0.25) is 5.91 Å². The second kappa shape index (κ2) is 9.60. The van der Waals surface area contributed by atoms with E-state index in [0.717, 1.165) is 22.4 Å². The molecule has 9 heteroatoms. The normalized spacial score (nSPS) is 15.5. The van der Waals surface area contributed by atoms with Gasteiger partial charge in [0.25, 0.3) is 5.69 Å². The van der Waals surface area contributed by atoms with Gasteiger partial charge in [-0.2, -0.15) is 0 Å². The molecule has 3 aromatic rings. The number of nitro benzene ring substituents is 1. The van der Waals surface area contributed by atoms with Crippen LogP contribution in [0.15, 0.2) is 47.8 Å². The van der Waals surface area contributed by atoms with E-state index in [9.17, 15) is 14.9 Å². The summed E-state index contributed by atoms with van der Waals surface area (Å²) in [4.78, 5) is 27.0. The van der Waals surface area contributed by atoms with Gasteiger partial charge in [-0.15, -0.1) is 11.3 Å². The molecular weight excluding hydrogens is 442 g/mol. The van der Waals surface area contributed by atoms with Gasteiger partial charge in [-0.05, 0) is 54.1 Å². The standard InChI is InChI=1S/C24H25N3O5S/c1-15-6-7-17(12-19(15)27(29)30)25-23(28)14-26-9-8-16-11-20(31-2)21(32-3)13-18(16)24(26)22-5-4-10-33-22/h4-7,10-13,24H,8-9,14H2,1-3H3,(H,25,28). The first kappa shape index (κ1) is 22.8. The molecule has 1 atom stereocenters. The number of hydrogen-bond acceptors (Lipinski definition) is 7. The minimum atomic E-state index is -0.443. The fourth-order valence-corrected chi connectivity index (χ4v) is 5.09. The van der Waals surface area contributed by atoms with Crippen LogP contribution in [0, 0.1) is 17.0 Å². The Balaban J connectivity index is 1.61. The second-order valence-electron chi connectivity index (χ2n) is 7.85. The van der Waals surface area contributed by atoms with Crippen molar-refractivity contribution in [2.45, 2.75) is 19.4 Å². The summed E-state index contributed by atoms with van der Waals surface area (Å²) >= 11 is 1.64. The lowest BCUT2D eigenvalue weighted by molar-refractivity contribution is -0.385. The Bertz CT molecular complexity index is 1180. The van der Waals surface area contributed by atoms with Crippen LogP contribution in [0.25, 0.3) is 0 Å². The number of fused-ring (bicyclic) bond motifs is 1. The van der Waals surface area contributed by atoms with Gasteiger partial charge in [-0.25, -0.2) is 0 Å². The molecular formula is C24H25N3O5S. The zero-order valence-electron chi connectivity index (χ0n) is 18.7. The molecule has 4 rings (SSSR count). The van der Waals surface area contributed by atoms with E-state index in [2.05, 4.69) is 16.3 Å². The number of hydrogen-bond donors (Lipinski definition) is 1. The third-order valence-corrected chi connectivity index (χ3v) is 6.75. The van der Waals surface area contributed by atoms with Gasteiger partial charge in [-0.1, -0.05) is 12.1 Å².